The zero-order chi connectivity index (χ0) is 25.1. The maximum atomic E-state index is 10.5. The number of anilines is 2. The number of hydrogen-bond acceptors (Lipinski definition) is 8. The number of aromatic carboxylic acids is 2. The van der Waals surface area contributed by atoms with Crippen LogP contribution in [0.1, 0.15) is 20.7 Å². The van der Waals surface area contributed by atoms with E-state index < -0.39 is 11.9 Å². The third kappa shape index (κ3) is 8.24. The number of nitrogen functional groups attached to an aromatic ring is 2. The van der Waals surface area contributed by atoms with E-state index in [1.165, 1.54) is 29.2 Å². The molecule has 0 radical (unpaired) electrons. The van der Waals surface area contributed by atoms with Crippen LogP contribution >= 0.6 is 23.2 Å². The number of carbonyl (C=O) groups is 3. The molecule has 3 rings (SSSR count). The van der Waals surface area contributed by atoms with E-state index in [0.717, 1.165) is 6.41 Å². The summed E-state index contributed by atoms with van der Waals surface area (Å²) in [5.74, 6) is -2.28. The number of amides is 1. The Morgan fingerprint density at radius 2 is 1.45 bits per heavy atom. The second-order valence-electron chi connectivity index (χ2n) is 6.23. The van der Waals surface area contributed by atoms with E-state index in [-0.39, 0.29) is 22.9 Å². The molecule has 1 aromatic heterocycles. The maximum Gasteiger partial charge on any atom is 0.336 e. The van der Waals surface area contributed by atoms with Crippen molar-refractivity contribution in [3.63, 3.8) is 0 Å². The number of halogens is 2. The lowest BCUT2D eigenvalue weighted by Gasteiger charge is -2.06. The zero-order valence-electron chi connectivity index (χ0n) is 17.4. The number of nitrogens with zero attached hydrogens (tertiary/aromatic N) is 4. The van der Waals surface area contributed by atoms with Crippen LogP contribution in [0.4, 0.5) is 11.8 Å². The lowest BCUT2D eigenvalue weighted by molar-refractivity contribution is -0.115. The molecule has 0 saturated heterocycles. The van der Waals surface area contributed by atoms with E-state index >= 15 is 0 Å². The first-order chi connectivity index (χ1) is 15.5. The Balaban J connectivity index is 0.000000283. The number of carboxylic acid groups (broad SMARTS) is 2. The van der Waals surface area contributed by atoms with Crippen molar-refractivity contribution >= 4 is 53.3 Å². The van der Waals surface area contributed by atoms with Gasteiger partial charge in [0.15, 0.2) is 5.82 Å². The first kappa shape index (κ1) is 27.1. The number of carboxylic acids is 2. The summed E-state index contributed by atoms with van der Waals surface area (Å²) < 4.78 is 0. The van der Waals surface area contributed by atoms with E-state index in [1.54, 1.807) is 32.3 Å². The smallest absolute Gasteiger partial charge is 0.336 e. The molecule has 6 N–H and O–H groups in total. The van der Waals surface area contributed by atoms with Crippen LogP contribution in [0.2, 0.25) is 10.0 Å². The zero-order valence-corrected chi connectivity index (χ0v) is 18.9. The van der Waals surface area contributed by atoms with Crippen LogP contribution in [0.5, 0.6) is 0 Å². The van der Waals surface area contributed by atoms with Crippen molar-refractivity contribution in [2.45, 2.75) is 0 Å². The molecule has 1 amide bonds. The highest BCUT2D eigenvalue weighted by Crippen LogP contribution is 2.34. The van der Waals surface area contributed by atoms with Gasteiger partial charge in [0.25, 0.3) is 0 Å². The van der Waals surface area contributed by atoms with Crippen LogP contribution in [0.3, 0.4) is 0 Å². The molecule has 0 aliphatic rings. The van der Waals surface area contributed by atoms with Gasteiger partial charge in [-0.3, -0.25) is 4.79 Å². The third-order valence-electron chi connectivity index (χ3n) is 3.54. The molecule has 33 heavy (non-hydrogen) atoms. The molecule has 0 aliphatic carbocycles. The summed E-state index contributed by atoms with van der Waals surface area (Å²) in [5, 5.41) is 25.3. The van der Waals surface area contributed by atoms with Gasteiger partial charge in [-0.2, -0.15) is 4.98 Å². The second-order valence-corrected chi connectivity index (χ2v) is 7.02. The number of carbonyl (C=O) groups excluding carboxylic acids is 1. The Bertz CT molecular complexity index is 1110. The summed E-state index contributed by atoms with van der Waals surface area (Å²) in [6.45, 7) is 0. The molecule has 3 aromatic rings. The highest BCUT2D eigenvalue weighted by atomic mass is 35.5. The SMILES string of the molecule is CN(C)C=O.Nc1nnc(-c2cccc(Cl)c2Cl)c(N)n1.O=C(O)c1ccccc1C(=O)O. The molecule has 0 saturated carbocycles. The predicted molar refractivity (Wildman–Crippen MR) is 124 cm³/mol. The number of aromatic nitrogens is 3. The minimum atomic E-state index is -1.23. The molecule has 0 fully saturated rings. The number of hydrogen-bond donors (Lipinski definition) is 4. The Morgan fingerprint density at radius 3 is 1.88 bits per heavy atom. The van der Waals surface area contributed by atoms with Gasteiger partial charge in [-0.15, -0.1) is 10.2 Å². The Kier molecular flexibility index (Phi) is 10.5. The quantitative estimate of drug-likeness (QED) is 0.392. The highest BCUT2D eigenvalue weighted by Gasteiger charge is 2.14. The fraction of sp³-hybridized carbons (Fsp3) is 0.100. The van der Waals surface area contributed by atoms with Crippen molar-refractivity contribution in [3.8, 4) is 11.3 Å². The van der Waals surface area contributed by atoms with E-state index in [2.05, 4.69) is 15.2 Å². The van der Waals surface area contributed by atoms with Gasteiger partial charge in [0.05, 0.1) is 21.2 Å². The van der Waals surface area contributed by atoms with Gasteiger partial charge in [0.2, 0.25) is 12.4 Å². The third-order valence-corrected chi connectivity index (χ3v) is 4.35. The summed E-state index contributed by atoms with van der Waals surface area (Å²) in [6.07, 6.45) is 0.750. The average Bonchev–Trinajstić information content (AvgIpc) is 2.77. The van der Waals surface area contributed by atoms with Crippen LogP contribution in [0.25, 0.3) is 11.3 Å². The standard InChI is InChI=1S/C9H7Cl2N5.C8H6O4.C3H7NO/c10-5-3-1-2-4(6(5)11)7-8(12)14-9(13)16-15-7;9-7(10)5-3-1-2-4-6(5)8(11)12;1-4(2)3-5/h1-3H,(H4,12,13,14,16);1-4H,(H,9,10)(H,11,12);3H,1-2H3. The van der Waals surface area contributed by atoms with Gasteiger partial charge < -0.3 is 26.6 Å². The van der Waals surface area contributed by atoms with Crippen molar-refractivity contribution < 1.29 is 24.6 Å². The van der Waals surface area contributed by atoms with Crippen LogP contribution in [0.15, 0.2) is 42.5 Å². The van der Waals surface area contributed by atoms with Crippen LogP contribution in [-0.2, 0) is 4.79 Å². The number of benzene rings is 2. The van der Waals surface area contributed by atoms with Gasteiger partial charge in [-0.1, -0.05) is 47.5 Å². The minimum absolute atomic E-state index is 0.0133. The van der Waals surface area contributed by atoms with Crippen molar-refractivity contribution in [1.82, 2.24) is 20.1 Å². The minimum Gasteiger partial charge on any atom is -0.478 e. The summed E-state index contributed by atoms with van der Waals surface area (Å²) in [7, 11) is 3.38. The van der Waals surface area contributed by atoms with Crippen molar-refractivity contribution in [1.29, 1.82) is 0 Å². The Hall–Kier alpha value is -3.96. The van der Waals surface area contributed by atoms with E-state index in [1.807, 2.05) is 0 Å². The van der Waals surface area contributed by atoms with Crippen molar-refractivity contribution in [3.05, 3.63) is 63.6 Å². The average molecular weight is 495 g/mol. The summed E-state index contributed by atoms with van der Waals surface area (Å²) in [5.41, 5.74) is 11.6. The van der Waals surface area contributed by atoms with Gasteiger partial charge in [-0.05, 0) is 18.2 Å². The topological polar surface area (TPSA) is 186 Å². The van der Waals surface area contributed by atoms with Crippen LogP contribution in [-0.4, -0.2) is 62.7 Å². The van der Waals surface area contributed by atoms with Gasteiger partial charge >= 0.3 is 11.9 Å². The number of nitrogens with two attached hydrogens (primary N) is 2. The summed E-state index contributed by atoms with van der Waals surface area (Å²) in [6, 6.07) is 10.6. The molecule has 13 heteroatoms. The van der Waals surface area contributed by atoms with Crippen LogP contribution < -0.4 is 11.5 Å². The molecular weight excluding hydrogens is 475 g/mol. The predicted octanol–water partition coefficient (Wildman–Crippen LogP) is 2.80. The molecular formula is C20H20Cl2N6O5. The molecule has 1 heterocycles. The molecule has 174 valence electrons. The van der Waals surface area contributed by atoms with E-state index in [9.17, 15) is 14.4 Å². The lowest BCUT2D eigenvalue weighted by Crippen LogP contribution is -2.06. The molecule has 11 nitrogen and oxygen atoms in total. The Labute approximate surface area is 198 Å². The normalized spacial score (nSPS) is 9.45. The molecule has 0 unspecified atom stereocenters. The highest BCUT2D eigenvalue weighted by molar-refractivity contribution is 6.43. The Morgan fingerprint density at radius 1 is 0.939 bits per heavy atom. The molecule has 0 aliphatic heterocycles. The summed E-state index contributed by atoms with van der Waals surface area (Å²) in [4.78, 5) is 35.6. The summed E-state index contributed by atoms with van der Waals surface area (Å²) >= 11 is 11.9. The molecule has 0 bridgehead atoms. The van der Waals surface area contributed by atoms with Gasteiger partial charge in [-0.25, -0.2) is 9.59 Å². The molecule has 2 aromatic carbocycles. The second kappa shape index (κ2) is 12.8. The first-order valence-electron chi connectivity index (χ1n) is 8.86. The largest absolute Gasteiger partial charge is 0.478 e. The van der Waals surface area contributed by atoms with Crippen molar-refractivity contribution in [2.75, 3.05) is 25.6 Å². The van der Waals surface area contributed by atoms with Crippen molar-refractivity contribution in [2.24, 2.45) is 0 Å². The van der Waals surface area contributed by atoms with E-state index in [4.69, 9.17) is 44.9 Å². The lowest BCUT2D eigenvalue weighted by atomic mass is 10.1. The molecule has 0 atom stereocenters. The first-order valence-corrected chi connectivity index (χ1v) is 9.62. The molecule has 0 spiro atoms. The van der Waals surface area contributed by atoms with E-state index in [0.29, 0.717) is 21.3 Å². The fourth-order valence-corrected chi connectivity index (χ4v) is 2.48. The fourth-order valence-electron chi connectivity index (χ4n) is 2.09. The van der Waals surface area contributed by atoms with Gasteiger partial charge in [0.1, 0.15) is 5.69 Å². The number of rotatable bonds is 4. The maximum absolute atomic E-state index is 10.5. The van der Waals surface area contributed by atoms with Crippen LogP contribution in [0, 0.1) is 0 Å². The monoisotopic (exact) mass is 494 g/mol. The van der Waals surface area contributed by atoms with Gasteiger partial charge in [0, 0.05) is 19.7 Å².